The smallest absolute Gasteiger partial charge is 0.256 e. The Labute approximate surface area is 162 Å². The molecular formula is C19H23N5O4. The average molecular weight is 385 g/mol. The number of ether oxygens (including phenoxy) is 2. The highest BCUT2D eigenvalue weighted by atomic mass is 16.7. The van der Waals surface area contributed by atoms with Gasteiger partial charge in [0.2, 0.25) is 12.7 Å². The van der Waals surface area contributed by atoms with Gasteiger partial charge in [-0.3, -0.25) is 9.59 Å². The van der Waals surface area contributed by atoms with Gasteiger partial charge in [-0.15, -0.1) is 0 Å². The Morgan fingerprint density at radius 3 is 2.75 bits per heavy atom. The number of carbonyl (C=O) groups is 2. The number of amides is 2. The quantitative estimate of drug-likeness (QED) is 0.804. The number of rotatable bonds is 5. The third kappa shape index (κ3) is 3.65. The summed E-state index contributed by atoms with van der Waals surface area (Å²) >= 11 is 0. The van der Waals surface area contributed by atoms with Crippen molar-refractivity contribution in [2.24, 2.45) is 5.73 Å². The number of piperidine rings is 1. The average Bonchev–Trinajstić information content (AvgIpc) is 3.37. The van der Waals surface area contributed by atoms with Gasteiger partial charge in [0.15, 0.2) is 11.5 Å². The summed E-state index contributed by atoms with van der Waals surface area (Å²) in [5.41, 5.74) is 5.95. The van der Waals surface area contributed by atoms with Gasteiger partial charge < -0.3 is 25.4 Å². The zero-order valence-corrected chi connectivity index (χ0v) is 15.5. The Kier molecular flexibility index (Phi) is 5.16. The van der Waals surface area contributed by atoms with Gasteiger partial charge in [0.1, 0.15) is 5.82 Å². The molecule has 2 amide bonds. The lowest BCUT2D eigenvalue weighted by molar-refractivity contribution is -0.132. The molecule has 9 heteroatoms. The molecule has 148 valence electrons. The van der Waals surface area contributed by atoms with Gasteiger partial charge in [-0.05, 0) is 31.0 Å². The molecule has 0 bridgehead atoms. The molecule has 1 aromatic heterocycles. The van der Waals surface area contributed by atoms with E-state index in [1.54, 1.807) is 30.5 Å². The molecule has 0 saturated carbocycles. The van der Waals surface area contributed by atoms with E-state index in [2.05, 4.69) is 10.4 Å². The van der Waals surface area contributed by atoms with E-state index in [0.717, 1.165) is 12.8 Å². The van der Waals surface area contributed by atoms with Crippen LogP contribution in [0.5, 0.6) is 11.5 Å². The van der Waals surface area contributed by atoms with Gasteiger partial charge in [0.05, 0.1) is 12.2 Å². The third-order valence-corrected chi connectivity index (χ3v) is 5.07. The molecule has 3 heterocycles. The number of fused-ring (bicyclic) bond motifs is 1. The number of hydrogen-bond acceptors (Lipinski definition) is 6. The Morgan fingerprint density at radius 2 is 1.96 bits per heavy atom. The lowest BCUT2D eigenvalue weighted by Crippen LogP contribution is -2.40. The number of nitrogens with two attached hydrogens (primary N) is 1. The summed E-state index contributed by atoms with van der Waals surface area (Å²) in [6.45, 7) is 1.87. The fourth-order valence-corrected chi connectivity index (χ4v) is 3.57. The summed E-state index contributed by atoms with van der Waals surface area (Å²) in [5, 5.41) is 7.30. The van der Waals surface area contributed by atoms with Crippen LogP contribution in [-0.2, 0) is 4.79 Å². The molecule has 2 aliphatic heterocycles. The fourth-order valence-electron chi connectivity index (χ4n) is 3.57. The van der Waals surface area contributed by atoms with Crippen LogP contribution in [0, 0.1) is 0 Å². The maximum Gasteiger partial charge on any atom is 0.256 e. The minimum Gasteiger partial charge on any atom is -0.454 e. The first-order valence-electron chi connectivity index (χ1n) is 9.38. The third-order valence-electron chi connectivity index (χ3n) is 5.07. The van der Waals surface area contributed by atoms with Crippen LogP contribution in [0.15, 0.2) is 30.5 Å². The molecular weight excluding hydrogens is 362 g/mol. The molecule has 0 atom stereocenters. The van der Waals surface area contributed by atoms with Gasteiger partial charge in [-0.25, -0.2) is 4.68 Å². The number of benzene rings is 1. The van der Waals surface area contributed by atoms with E-state index in [-0.39, 0.29) is 24.6 Å². The zero-order chi connectivity index (χ0) is 19.5. The first kappa shape index (κ1) is 18.3. The van der Waals surface area contributed by atoms with E-state index < -0.39 is 0 Å². The molecule has 0 unspecified atom stereocenters. The van der Waals surface area contributed by atoms with Crippen molar-refractivity contribution in [1.82, 2.24) is 14.7 Å². The summed E-state index contributed by atoms with van der Waals surface area (Å²) in [6.07, 6.45) is 3.61. The summed E-state index contributed by atoms with van der Waals surface area (Å²) in [6, 6.07) is 6.99. The zero-order valence-electron chi connectivity index (χ0n) is 15.5. The number of nitrogens with zero attached hydrogens (tertiary/aromatic N) is 3. The van der Waals surface area contributed by atoms with Crippen molar-refractivity contribution in [2.45, 2.75) is 25.3 Å². The minimum atomic E-state index is -0.240. The largest absolute Gasteiger partial charge is 0.454 e. The number of hydrogen-bond donors (Lipinski definition) is 2. The molecule has 2 aliphatic rings. The van der Waals surface area contributed by atoms with Crippen LogP contribution in [0.25, 0.3) is 0 Å². The van der Waals surface area contributed by atoms with Crippen LogP contribution in [0.4, 0.5) is 5.82 Å². The van der Waals surface area contributed by atoms with E-state index in [9.17, 15) is 9.59 Å². The van der Waals surface area contributed by atoms with Gasteiger partial charge in [-0.1, -0.05) is 0 Å². The number of anilines is 1. The summed E-state index contributed by atoms with van der Waals surface area (Å²) in [5.74, 6) is 1.69. The van der Waals surface area contributed by atoms with Gasteiger partial charge in [0.25, 0.3) is 5.91 Å². The first-order chi connectivity index (χ1) is 13.7. The molecule has 1 fully saturated rings. The summed E-state index contributed by atoms with van der Waals surface area (Å²) < 4.78 is 12.4. The van der Waals surface area contributed by atoms with Crippen LogP contribution in [-0.4, -0.2) is 52.9 Å². The molecule has 3 N–H and O–H groups in total. The first-order valence-corrected chi connectivity index (χ1v) is 9.38. The Morgan fingerprint density at radius 1 is 1.18 bits per heavy atom. The summed E-state index contributed by atoms with van der Waals surface area (Å²) in [4.78, 5) is 26.5. The SMILES string of the molecule is NCCC(=O)N1CCC(n2nccc2NC(=O)c2ccc3c(c2)OCO3)CC1. The lowest BCUT2D eigenvalue weighted by atomic mass is 10.0. The monoisotopic (exact) mass is 385 g/mol. The molecule has 28 heavy (non-hydrogen) atoms. The van der Waals surface area contributed by atoms with E-state index in [0.29, 0.717) is 48.9 Å². The highest BCUT2D eigenvalue weighted by molar-refractivity contribution is 6.04. The van der Waals surface area contributed by atoms with Crippen LogP contribution >= 0.6 is 0 Å². The molecule has 1 saturated heterocycles. The van der Waals surface area contributed by atoms with Crippen LogP contribution in [0.1, 0.15) is 35.7 Å². The van der Waals surface area contributed by atoms with Crippen LogP contribution in [0.2, 0.25) is 0 Å². The maximum absolute atomic E-state index is 12.6. The molecule has 2 aromatic rings. The normalized spacial score (nSPS) is 16.2. The van der Waals surface area contributed by atoms with Crippen molar-refractivity contribution in [1.29, 1.82) is 0 Å². The fraction of sp³-hybridized carbons (Fsp3) is 0.421. The second kappa shape index (κ2) is 7.89. The van der Waals surface area contributed by atoms with Crippen molar-refractivity contribution in [2.75, 3.05) is 31.7 Å². The van der Waals surface area contributed by atoms with Crippen molar-refractivity contribution in [3.8, 4) is 11.5 Å². The second-order valence-corrected chi connectivity index (χ2v) is 6.83. The minimum absolute atomic E-state index is 0.0951. The molecule has 9 nitrogen and oxygen atoms in total. The predicted octanol–water partition coefficient (Wildman–Crippen LogP) is 1.38. The molecule has 0 spiro atoms. The standard InChI is InChI=1S/C19H23N5O4/c20-7-3-18(25)23-9-5-14(6-10-23)24-17(4-8-21-24)22-19(26)13-1-2-15-16(11-13)28-12-27-15/h1-2,4,8,11,14H,3,5-7,9-10,12,20H2,(H,22,26). The summed E-state index contributed by atoms with van der Waals surface area (Å²) in [7, 11) is 0. The maximum atomic E-state index is 12.6. The van der Waals surface area contributed by atoms with E-state index in [1.165, 1.54) is 0 Å². The van der Waals surface area contributed by atoms with Crippen molar-refractivity contribution in [3.63, 3.8) is 0 Å². The number of likely N-dealkylation sites (tertiary alicyclic amines) is 1. The van der Waals surface area contributed by atoms with E-state index in [1.807, 2.05) is 9.58 Å². The number of aromatic nitrogens is 2. The van der Waals surface area contributed by atoms with Crippen molar-refractivity contribution >= 4 is 17.6 Å². The number of carbonyl (C=O) groups excluding carboxylic acids is 2. The topological polar surface area (TPSA) is 112 Å². The highest BCUT2D eigenvalue weighted by Gasteiger charge is 2.25. The highest BCUT2D eigenvalue weighted by Crippen LogP contribution is 2.33. The van der Waals surface area contributed by atoms with Gasteiger partial charge in [0, 0.05) is 37.7 Å². The molecule has 4 rings (SSSR count). The van der Waals surface area contributed by atoms with Crippen LogP contribution < -0.4 is 20.5 Å². The van der Waals surface area contributed by atoms with Crippen molar-refractivity contribution < 1.29 is 19.1 Å². The predicted molar refractivity (Wildman–Crippen MR) is 101 cm³/mol. The molecule has 0 radical (unpaired) electrons. The Bertz CT molecular complexity index is 873. The Balaban J connectivity index is 1.41. The van der Waals surface area contributed by atoms with Gasteiger partial charge >= 0.3 is 0 Å². The van der Waals surface area contributed by atoms with Gasteiger partial charge in [-0.2, -0.15) is 5.10 Å². The lowest BCUT2D eigenvalue weighted by Gasteiger charge is -2.32. The van der Waals surface area contributed by atoms with E-state index in [4.69, 9.17) is 15.2 Å². The number of nitrogens with one attached hydrogen (secondary N) is 1. The second-order valence-electron chi connectivity index (χ2n) is 6.83. The van der Waals surface area contributed by atoms with Crippen LogP contribution in [0.3, 0.4) is 0 Å². The molecule has 0 aliphatic carbocycles. The molecule has 1 aromatic carbocycles. The Hall–Kier alpha value is -3.07. The van der Waals surface area contributed by atoms with E-state index >= 15 is 0 Å². The van der Waals surface area contributed by atoms with Crippen molar-refractivity contribution in [3.05, 3.63) is 36.0 Å².